The minimum atomic E-state index is -0.421. The molecule has 1 amide bonds. The predicted octanol–water partition coefficient (Wildman–Crippen LogP) is 1.04. The van der Waals surface area contributed by atoms with E-state index in [4.69, 9.17) is 10.00 Å². The van der Waals surface area contributed by atoms with Crippen molar-refractivity contribution in [3.05, 3.63) is 35.1 Å². The third kappa shape index (κ3) is 4.81. The Kier molecular flexibility index (Phi) is 5.67. The van der Waals surface area contributed by atoms with E-state index in [-0.39, 0.29) is 5.91 Å². The normalized spacial score (nSPS) is 14.8. The van der Waals surface area contributed by atoms with Gasteiger partial charge in [-0.05, 0) is 23.8 Å². The maximum Gasteiger partial charge on any atom is 0.224 e. The lowest BCUT2D eigenvalue weighted by Gasteiger charge is -2.26. The molecule has 1 fully saturated rings. The van der Waals surface area contributed by atoms with Crippen LogP contribution >= 0.6 is 0 Å². The van der Waals surface area contributed by atoms with Gasteiger partial charge in [-0.1, -0.05) is 0 Å². The molecule has 5 nitrogen and oxygen atoms in total. The van der Waals surface area contributed by atoms with E-state index in [9.17, 15) is 9.18 Å². The molecule has 1 saturated heterocycles. The van der Waals surface area contributed by atoms with E-state index in [1.807, 2.05) is 6.07 Å². The van der Waals surface area contributed by atoms with Gasteiger partial charge in [-0.15, -0.1) is 0 Å². The number of morpholine rings is 1. The monoisotopic (exact) mass is 291 g/mol. The first kappa shape index (κ1) is 15.4. The summed E-state index contributed by atoms with van der Waals surface area (Å²) in [6.07, 6.45) is 0.403. The molecule has 1 aromatic rings. The summed E-state index contributed by atoms with van der Waals surface area (Å²) in [7, 11) is 0. The van der Waals surface area contributed by atoms with Crippen LogP contribution in [0.5, 0.6) is 0 Å². The molecular weight excluding hydrogens is 273 g/mol. The third-order valence-corrected chi connectivity index (χ3v) is 3.30. The van der Waals surface area contributed by atoms with Crippen molar-refractivity contribution in [2.75, 3.05) is 32.8 Å². The number of nitrogens with one attached hydrogen (secondary N) is 1. The van der Waals surface area contributed by atoms with Gasteiger partial charge in [0.15, 0.2) is 0 Å². The van der Waals surface area contributed by atoms with Gasteiger partial charge in [-0.25, -0.2) is 4.39 Å². The van der Waals surface area contributed by atoms with Crippen LogP contribution in [0.15, 0.2) is 18.2 Å². The average molecular weight is 291 g/mol. The zero-order valence-electron chi connectivity index (χ0n) is 11.8. The van der Waals surface area contributed by atoms with Crippen molar-refractivity contribution >= 4 is 5.91 Å². The van der Waals surface area contributed by atoms with Crippen molar-refractivity contribution in [1.82, 2.24) is 10.2 Å². The Morgan fingerprint density at radius 2 is 2.14 bits per heavy atom. The summed E-state index contributed by atoms with van der Waals surface area (Å²) in [4.78, 5) is 13.7. The molecule has 0 atom stereocenters. The number of nitriles is 1. The quantitative estimate of drug-likeness (QED) is 0.823. The highest BCUT2D eigenvalue weighted by Crippen LogP contribution is 2.08. The van der Waals surface area contributed by atoms with E-state index in [1.54, 1.807) is 11.0 Å². The molecule has 0 spiro atoms. The highest BCUT2D eigenvalue weighted by atomic mass is 19.1. The lowest BCUT2D eigenvalue weighted by atomic mass is 10.1. The maximum atomic E-state index is 13.2. The number of rotatable bonds is 5. The Bertz CT molecular complexity index is 536. The van der Waals surface area contributed by atoms with E-state index in [1.165, 1.54) is 12.1 Å². The Hall–Kier alpha value is -1.97. The van der Waals surface area contributed by atoms with E-state index in [0.29, 0.717) is 56.9 Å². The molecule has 0 bridgehead atoms. The number of nitrogens with zero attached hydrogens (tertiary/aromatic N) is 2. The molecular formula is C15H18FN3O2. The summed E-state index contributed by atoms with van der Waals surface area (Å²) in [6, 6.07) is 6.14. The number of hydrogen-bond acceptors (Lipinski definition) is 4. The lowest BCUT2D eigenvalue weighted by molar-refractivity contribution is -0.135. The van der Waals surface area contributed by atoms with Gasteiger partial charge in [0.2, 0.25) is 5.91 Å². The van der Waals surface area contributed by atoms with Crippen LogP contribution in [-0.4, -0.2) is 43.7 Å². The highest BCUT2D eigenvalue weighted by Gasteiger charge is 2.15. The SMILES string of the molecule is N#Cc1cc(F)cc(CNCCC(=O)N2CCOCC2)c1. The molecule has 0 aromatic heterocycles. The van der Waals surface area contributed by atoms with Crippen LogP contribution in [0.4, 0.5) is 4.39 Å². The fourth-order valence-corrected chi connectivity index (χ4v) is 2.22. The second-order valence-electron chi connectivity index (χ2n) is 4.88. The van der Waals surface area contributed by atoms with Crippen molar-refractivity contribution in [2.24, 2.45) is 0 Å². The number of amides is 1. The first-order valence-electron chi connectivity index (χ1n) is 6.95. The van der Waals surface area contributed by atoms with E-state index < -0.39 is 5.82 Å². The fraction of sp³-hybridized carbons (Fsp3) is 0.467. The van der Waals surface area contributed by atoms with Crippen LogP contribution in [0.1, 0.15) is 17.5 Å². The Labute approximate surface area is 123 Å². The van der Waals surface area contributed by atoms with Crippen LogP contribution in [0.25, 0.3) is 0 Å². The van der Waals surface area contributed by atoms with Gasteiger partial charge in [0.05, 0.1) is 24.8 Å². The molecule has 1 aliphatic rings. The topological polar surface area (TPSA) is 65.4 Å². The van der Waals surface area contributed by atoms with Gasteiger partial charge in [0.1, 0.15) is 5.82 Å². The number of carbonyl (C=O) groups is 1. The summed E-state index contributed by atoms with van der Waals surface area (Å²) in [5.74, 6) is -0.321. The number of hydrogen-bond donors (Lipinski definition) is 1. The number of ether oxygens (including phenoxy) is 1. The van der Waals surface area contributed by atoms with Crippen LogP contribution in [0, 0.1) is 17.1 Å². The predicted molar refractivity (Wildman–Crippen MR) is 74.8 cm³/mol. The van der Waals surface area contributed by atoms with Crippen LogP contribution in [0.3, 0.4) is 0 Å². The molecule has 1 aromatic carbocycles. The smallest absolute Gasteiger partial charge is 0.224 e. The van der Waals surface area contributed by atoms with Gasteiger partial charge in [0, 0.05) is 32.6 Å². The zero-order valence-corrected chi connectivity index (χ0v) is 11.8. The molecule has 0 saturated carbocycles. The lowest BCUT2D eigenvalue weighted by Crippen LogP contribution is -2.41. The van der Waals surface area contributed by atoms with Crippen LogP contribution < -0.4 is 5.32 Å². The molecule has 1 N–H and O–H groups in total. The largest absolute Gasteiger partial charge is 0.378 e. The maximum absolute atomic E-state index is 13.2. The Balaban J connectivity index is 1.73. The molecule has 1 aliphatic heterocycles. The van der Waals surface area contributed by atoms with Gasteiger partial charge >= 0.3 is 0 Å². The molecule has 6 heteroatoms. The average Bonchev–Trinajstić information content (AvgIpc) is 2.51. The van der Waals surface area contributed by atoms with E-state index in [2.05, 4.69) is 5.32 Å². The highest BCUT2D eigenvalue weighted by molar-refractivity contribution is 5.76. The molecule has 2 rings (SSSR count). The van der Waals surface area contributed by atoms with Gasteiger partial charge in [-0.3, -0.25) is 4.79 Å². The molecule has 1 heterocycles. The number of benzene rings is 1. The third-order valence-electron chi connectivity index (χ3n) is 3.30. The summed E-state index contributed by atoms with van der Waals surface area (Å²) in [6.45, 7) is 3.44. The first-order valence-corrected chi connectivity index (χ1v) is 6.95. The summed E-state index contributed by atoms with van der Waals surface area (Å²) < 4.78 is 18.4. The minimum Gasteiger partial charge on any atom is -0.378 e. The fourth-order valence-electron chi connectivity index (χ4n) is 2.22. The van der Waals surface area contributed by atoms with Crippen molar-refractivity contribution in [3.8, 4) is 6.07 Å². The van der Waals surface area contributed by atoms with Crippen molar-refractivity contribution in [3.63, 3.8) is 0 Å². The van der Waals surface area contributed by atoms with Gasteiger partial charge in [-0.2, -0.15) is 5.26 Å². The van der Waals surface area contributed by atoms with E-state index >= 15 is 0 Å². The second kappa shape index (κ2) is 7.72. The molecule has 0 aliphatic carbocycles. The van der Waals surface area contributed by atoms with Crippen LogP contribution in [0.2, 0.25) is 0 Å². The van der Waals surface area contributed by atoms with E-state index in [0.717, 1.165) is 0 Å². The van der Waals surface area contributed by atoms with Crippen molar-refractivity contribution in [2.45, 2.75) is 13.0 Å². The minimum absolute atomic E-state index is 0.0998. The summed E-state index contributed by atoms with van der Waals surface area (Å²) in [5, 5.41) is 11.9. The molecule has 0 unspecified atom stereocenters. The van der Waals surface area contributed by atoms with Crippen LogP contribution in [-0.2, 0) is 16.1 Å². The molecule has 21 heavy (non-hydrogen) atoms. The number of halogens is 1. The van der Waals surface area contributed by atoms with Gasteiger partial charge < -0.3 is 15.0 Å². The Morgan fingerprint density at radius 3 is 2.86 bits per heavy atom. The van der Waals surface area contributed by atoms with Crippen molar-refractivity contribution < 1.29 is 13.9 Å². The van der Waals surface area contributed by atoms with Gasteiger partial charge in [0.25, 0.3) is 0 Å². The molecule has 0 radical (unpaired) electrons. The summed E-state index contributed by atoms with van der Waals surface area (Å²) >= 11 is 0. The molecule has 112 valence electrons. The summed E-state index contributed by atoms with van der Waals surface area (Å²) in [5.41, 5.74) is 1.00. The zero-order chi connectivity index (χ0) is 15.1. The van der Waals surface area contributed by atoms with Crippen molar-refractivity contribution in [1.29, 1.82) is 5.26 Å². The first-order chi connectivity index (χ1) is 10.2. The number of carbonyl (C=O) groups excluding carboxylic acids is 1. The second-order valence-corrected chi connectivity index (χ2v) is 4.88. The standard InChI is InChI=1S/C15H18FN3O2/c16-14-8-12(10-17)7-13(9-14)11-18-2-1-15(20)19-3-5-21-6-4-19/h7-9,18H,1-6,11H2. The Morgan fingerprint density at radius 1 is 1.38 bits per heavy atom.